The van der Waals surface area contributed by atoms with Gasteiger partial charge in [-0.1, -0.05) is 19.1 Å². The average Bonchev–Trinajstić information content (AvgIpc) is 3.10. The average molecular weight is 330 g/mol. The van der Waals surface area contributed by atoms with Crippen LogP contribution in [0.2, 0.25) is 0 Å². The number of rotatable bonds is 8. The number of aromatic nitrogens is 2. The topological polar surface area (TPSA) is 59.4 Å². The van der Waals surface area contributed by atoms with Crippen LogP contribution in [0.1, 0.15) is 30.6 Å². The number of nitrogens with one attached hydrogen (secondary N) is 1. The van der Waals surface area contributed by atoms with Gasteiger partial charge in [-0.3, -0.25) is 4.79 Å². The SMILES string of the molecule is CCN(C)[C@H](C)CCNC(=O)c1cnn(-c2ccccc2OC)c1. The van der Waals surface area contributed by atoms with E-state index in [-0.39, 0.29) is 5.91 Å². The van der Waals surface area contributed by atoms with Crippen LogP contribution in [0.5, 0.6) is 5.75 Å². The lowest BCUT2D eigenvalue weighted by molar-refractivity contribution is 0.0949. The first kappa shape index (κ1) is 18.0. The molecule has 1 amide bonds. The molecule has 0 unspecified atom stereocenters. The molecule has 1 heterocycles. The van der Waals surface area contributed by atoms with E-state index in [9.17, 15) is 4.79 Å². The summed E-state index contributed by atoms with van der Waals surface area (Å²) < 4.78 is 6.98. The van der Waals surface area contributed by atoms with Gasteiger partial charge in [-0.25, -0.2) is 4.68 Å². The summed E-state index contributed by atoms with van der Waals surface area (Å²) >= 11 is 0. The van der Waals surface area contributed by atoms with Gasteiger partial charge in [-0.05, 0) is 39.1 Å². The fraction of sp³-hybridized carbons (Fsp3) is 0.444. The summed E-state index contributed by atoms with van der Waals surface area (Å²) in [6.45, 7) is 5.93. The van der Waals surface area contributed by atoms with E-state index < -0.39 is 0 Å². The highest BCUT2D eigenvalue weighted by Crippen LogP contribution is 2.21. The highest BCUT2D eigenvalue weighted by atomic mass is 16.5. The third-order valence-electron chi connectivity index (χ3n) is 4.28. The molecule has 24 heavy (non-hydrogen) atoms. The maximum Gasteiger partial charge on any atom is 0.254 e. The van der Waals surface area contributed by atoms with Crippen LogP contribution >= 0.6 is 0 Å². The second-order valence-electron chi connectivity index (χ2n) is 5.81. The third kappa shape index (κ3) is 4.35. The van der Waals surface area contributed by atoms with E-state index in [1.165, 1.54) is 0 Å². The van der Waals surface area contributed by atoms with Crippen molar-refractivity contribution >= 4 is 5.91 Å². The summed E-state index contributed by atoms with van der Waals surface area (Å²) in [6.07, 6.45) is 4.20. The molecule has 0 saturated heterocycles. The first-order chi connectivity index (χ1) is 11.6. The number of carbonyl (C=O) groups is 1. The lowest BCUT2D eigenvalue weighted by atomic mass is 10.2. The molecular weight excluding hydrogens is 304 g/mol. The Bertz CT molecular complexity index is 669. The van der Waals surface area contributed by atoms with Crippen molar-refractivity contribution in [3.05, 3.63) is 42.2 Å². The number of benzene rings is 1. The second-order valence-corrected chi connectivity index (χ2v) is 5.81. The van der Waals surface area contributed by atoms with Gasteiger partial charge in [-0.2, -0.15) is 5.10 Å². The fourth-order valence-electron chi connectivity index (χ4n) is 2.42. The van der Waals surface area contributed by atoms with Crippen molar-refractivity contribution in [1.82, 2.24) is 20.0 Å². The number of hydrogen-bond donors (Lipinski definition) is 1. The van der Waals surface area contributed by atoms with E-state index in [2.05, 4.69) is 36.2 Å². The number of carbonyl (C=O) groups excluding carboxylic acids is 1. The van der Waals surface area contributed by atoms with Crippen molar-refractivity contribution in [3.63, 3.8) is 0 Å². The highest BCUT2D eigenvalue weighted by Gasteiger charge is 2.12. The Kier molecular flexibility index (Phi) is 6.37. The first-order valence-electron chi connectivity index (χ1n) is 8.23. The number of ether oxygens (including phenoxy) is 1. The number of nitrogens with zero attached hydrogens (tertiary/aromatic N) is 3. The molecule has 0 aliphatic heterocycles. The predicted octanol–water partition coefficient (Wildman–Crippen LogP) is 2.34. The van der Waals surface area contributed by atoms with Crippen molar-refractivity contribution in [2.75, 3.05) is 27.2 Å². The zero-order valence-corrected chi connectivity index (χ0v) is 14.8. The molecule has 6 heteroatoms. The second kappa shape index (κ2) is 8.49. The van der Waals surface area contributed by atoms with Crippen LogP contribution in [0.25, 0.3) is 5.69 Å². The Labute approximate surface area is 143 Å². The molecule has 1 aromatic carbocycles. The Hall–Kier alpha value is -2.34. The molecule has 1 N–H and O–H groups in total. The standard InChI is InChI=1S/C18H26N4O2/c1-5-21(3)14(2)10-11-19-18(23)15-12-20-22(13-15)16-8-6-7-9-17(16)24-4/h6-9,12-14H,5,10-11H2,1-4H3,(H,19,23)/t14-/m1/s1. The molecule has 2 aromatic rings. The molecule has 0 fully saturated rings. The minimum atomic E-state index is -0.109. The van der Waals surface area contributed by atoms with E-state index in [1.54, 1.807) is 24.2 Å². The summed E-state index contributed by atoms with van der Waals surface area (Å²) in [7, 11) is 3.70. The molecule has 1 aromatic heterocycles. The predicted molar refractivity (Wildman–Crippen MR) is 94.8 cm³/mol. The maximum absolute atomic E-state index is 12.3. The number of methoxy groups -OCH3 is 1. The van der Waals surface area contributed by atoms with Crippen LogP contribution in [-0.4, -0.2) is 53.9 Å². The van der Waals surface area contributed by atoms with Gasteiger partial charge >= 0.3 is 0 Å². The van der Waals surface area contributed by atoms with Gasteiger partial charge in [-0.15, -0.1) is 0 Å². The van der Waals surface area contributed by atoms with Crippen molar-refractivity contribution < 1.29 is 9.53 Å². The lowest BCUT2D eigenvalue weighted by Gasteiger charge is -2.22. The van der Waals surface area contributed by atoms with Crippen LogP contribution in [0.3, 0.4) is 0 Å². The molecule has 0 radical (unpaired) electrons. The maximum atomic E-state index is 12.3. The minimum absolute atomic E-state index is 0.109. The first-order valence-corrected chi connectivity index (χ1v) is 8.23. The van der Waals surface area contributed by atoms with E-state index >= 15 is 0 Å². The third-order valence-corrected chi connectivity index (χ3v) is 4.28. The molecule has 1 atom stereocenters. The van der Waals surface area contributed by atoms with E-state index in [1.807, 2.05) is 24.3 Å². The van der Waals surface area contributed by atoms with Crippen molar-refractivity contribution in [1.29, 1.82) is 0 Å². The van der Waals surface area contributed by atoms with Crippen LogP contribution < -0.4 is 10.1 Å². The zero-order chi connectivity index (χ0) is 17.5. The summed E-state index contributed by atoms with van der Waals surface area (Å²) in [5.74, 6) is 0.603. The van der Waals surface area contributed by atoms with Crippen molar-refractivity contribution in [2.45, 2.75) is 26.3 Å². The molecule has 2 rings (SSSR count). The largest absolute Gasteiger partial charge is 0.494 e. The summed E-state index contributed by atoms with van der Waals surface area (Å²) in [6, 6.07) is 8.00. The van der Waals surface area contributed by atoms with E-state index in [4.69, 9.17) is 4.74 Å². The Morgan fingerprint density at radius 3 is 2.88 bits per heavy atom. The lowest BCUT2D eigenvalue weighted by Crippen LogP contribution is -2.33. The van der Waals surface area contributed by atoms with Crippen LogP contribution in [0, 0.1) is 0 Å². The Balaban J connectivity index is 1.96. The van der Waals surface area contributed by atoms with Crippen LogP contribution in [0.15, 0.2) is 36.7 Å². The minimum Gasteiger partial charge on any atom is -0.494 e. The molecule has 0 bridgehead atoms. The summed E-state index contributed by atoms with van der Waals surface area (Å²) in [4.78, 5) is 14.5. The number of amides is 1. The van der Waals surface area contributed by atoms with Gasteiger partial charge in [0.2, 0.25) is 0 Å². The molecule has 0 spiro atoms. The zero-order valence-electron chi connectivity index (χ0n) is 14.8. The van der Waals surface area contributed by atoms with Crippen LogP contribution in [0.4, 0.5) is 0 Å². The molecule has 0 aliphatic rings. The number of hydrogen-bond acceptors (Lipinski definition) is 4. The monoisotopic (exact) mass is 330 g/mol. The molecule has 130 valence electrons. The van der Waals surface area contributed by atoms with Crippen molar-refractivity contribution in [3.8, 4) is 11.4 Å². The van der Waals surface area contributed by atoms with Crippen LogP contribution in [-0.2, 0) is 0 Å². The quantitative estimate of drug-likeness (QED) is 0.807. The summed E-state index contributed by atoms with van der Waals surface area (Å²) in [5.41, 5.74) is 1.34. The smallest absolute Gasteiger partial charge is 0.254 e. The van der Waals surface area contributed by atoms with E-state index in [0.717, 1.165) is 18.7 Å². The fourth-order valence-corrected chi connectivity index (χ4v) is 2.42. The normalized spacial score (nSPS) is 12.2. The molecule has 0 aliphatic carbocycles. The van der Waals surface area contributed by atoms with Gasteiger partial charge in [0, 0.05) is 18.8 Å². The molecule has 0 saturated carbocycles. The van der Waals surface area contributed by atoms with Gasteiger partial charge in [0.25, 0.3) is 5.91 Å². The molecule has 6 nitrogen and oxygen atoms in total. The van der Waals surface area contributed by atoms with Gasteiger partial charge in [0.1, 0.15) is 11.4 Å². The van der Waals surface area contributed by atoms with Gasteiger partial charge in [0.15, 0.2) is 0 Å². The summed E-state index contributed by atoms with van der Waals surface area (Å²) in [5, 5.41) is 7.22. The molecular formula is C18H26N4O2. The van der Waals surface area contributed by atoms with Crippen molar-refractivity contribution in [2.24, 2.45) is 0 Å². The van der Waals surface area contributed by atoms with Gasteiger partial charge in [0.05, 0.1) is 18.9 Å². The van der Waals surface area contributed by atoms with Gasteiger partial charge < -0.3 is 15.0 Å². The highest BCUT2D eigenvalue weighted by molar-refractivity contribution is 5.93. The Morgan fingerprint density at radius 2 is 2.17 bits per heavy atom. The Morgan fingerprint density at radius 1 is 1.42 bits per heavy atom. The van der Waals surface area contributed by atoms with E-state index in [0.29, 0.717) is 23.9 Å². The number of para-hydroxylation sites is 2.